The summed E-state index contributed by atoms with van der Waals surface area (Å²) in [6.07, 6.45) is 0.876. The number of ether oxygens (including phenoxy) is 2. The number of methoxy groups -OCH3 is 1. The first-order valence-electron chi connectivity index (χ1n) is 9.37. The maximum atomic E-state index is 12.8. The molecule has 150 valence electrons. The molecule has 2 aromatic rings. The van der Waals surface area contributed by atoms with Gasteiger partial charge in [0.05, 0.1) is 13.7 Å². The molecular formula is C22H28N2O4. The number of hydrogen-bond acceptors (Lipinski definition) is 4. The molecular weight excluding hydrogens is 356 g/mol. The monoisotopic (exact) mass is 384 g/mol. The van der Waals surface area contributed by atoms with Crippen LogP contribution in [0.15, 0.2) is 54.6 Å². The van der Waals surface area contributed by atoms with E-state index < -0.39 is 6.04 Å². The number of hydrogen-bond donors (Lipinski definition) is 1. The predicted octanol–water partition coefficient (Wildman–Crippen LogP) is 3.02. The van der Waals surface area contributed by atoms with Gasteiger partial charge >= 0.3 is 0 Å². The molecule has 2 amide bonds. The van der Waals surface area contributed by atoms with Gasteiger partial charge in [0, 0.05) is 20.0 Å². The third kappa shape index (κ3) is 6.30. The van der Waals surface area contributed by atoms with Gasteiger partial charge in [-0.25, -0.2) is 0 Å². The van der Waals surface area contributed by atoms with Gasteiger partial charge in [-0.15, -0.1) is 0 Å². The summed E-state index contributed by atoms with van der Waals surface area (Å²) in [7, 11) is 3.19. The summed E-state index contributed by atoms with van der Waals surface area (Å²) in [4.78, 5) is 26.5. The molecule has 0 aliphatic carbocycles. The maximum absolute atomic E-state index is 12.8. The number of benzene rings is 2. The molecule has 2 rings (SSSR count). The van der Waals surface area contributed by atoms with E-state index >= 15 is 0 Å². The number of rotatable bonds is 10. The molecule has 0 saturated heterocycles. The fraction of sp³-hybridized carbons (Fsp3) is 0.364. The number of carbonyl (C=O) groups is 2. The van der Waals surface area contributed by atoms with Crippen LogP contribution >= 0.6 is 0 Å². The standard InChI is InChI=1S/C22H28N2O4/c1-17(22(26)23-2)24(16-18-8-5-4-6-9-18)21(25)10-7-15-28-20-13-11-19(27-3)12-14-20/h4-6,8-9,11-14,17H,7,10,15-16H2,1-3H3,(H,23,26)/t17-/m1/s1. The van der Waals surface area contributed by atoms with Crippen molar-refractivity contribution in [3.05, 3.63) is 60.2 Å². The lowest BCUT2D eigenvalue weighted by Gasteiger charge is -2.28. The van der Waals surface area contributed by atoms with Crippen LogP contribution in [0.2, 0.25) is 0 Å². The minimum atomic E-state index is -0.541. The minimum Gasteiger partial charge on any atom is -0.497 e. The summed E-state index contributed by atoms with van der Waals surface area (Å²) in [6, 6.07) is 16.4. The Morgan fingerprint density at radius 2 is 1.68 bits per heavy atom. The van der Waals surface area contributed by atoms with E-state index in [2.05, 4.69) is 5.32 Å². The van der Waals surface area contributed by atoms with Crippen molar-refractivity contribution in [2.24, 2.45) is 0 Å². The number of nitrogens with one attached hydrogen (secondary N) is 1. The van der Waals surface area contributed by atoms with Crippen molar-refractivity contribution in [3.8, 4) is 11.5 Å². The van der Waals surface area contributed by atoms with Gasteiger partial charge in [-0.1, -0.05) is 30.3 Å². The maximum Gasteiger partial charge on any atom is 0.242 e. The third-order valence-electron chi connectivity index (χ3n) is 4.47. The van der Waals surface area contributed by atoms with Crippen LogP contribution in [-0.2, 0) is 16.1 Å². The van der Waals surface area contributed by atoms with Crippen LogP contribution in [0.25, 0.3) is 0 Å². The number of likely N-dealkylation sites (N-methyl/N-ethyl adjacent to an activating group) is 1. The molecule has 6 heteroatoms. The molecule has 0 aliphatic rings. The number of nitrogens with zero attached hydrogens (tertiary/aromatic N) is 1. The number of carbonyl (C=O) groups excluding carboxylic acids is 2. The van der Waals surface area contributed by atoms with E-state index in [4.69, 9.17) is 9.47 Å². The average Bonchev–Trinajstić information content (AvgIpc) is 2.75. The van der Waals surface area contributed by atoms with E-state index in [0.717, 1.165) is 17.1 Å². The molecule has 1 atom stereocenters. The van der Waals surface area contributed by atoms with Crippen molar-refractivity contribution < 1.29 is 19.1 Å². The Bertz CT molecular complexity index is 747. The Morgan fingerprint density at radius 3 is 2.29 bits per heavy atom. The lowest BCUT2D eigenvalue weighted by atomic mass is 10.1. The SMILES string of the molecule is CNC(=O)[C@@H](C)N(Cc1ccccc1)C(=O)CCCOc1ccc(OC)cc1. The molecule has 0 aromatic heterocycles. The Balaban J connectivity index is 1.90. The summed E-state index contributed by atoms with van der Waals surface area (Å²) >= 11 is 0. The quantitative estimate of drug-likeness (QED) is 0.640. The van der Waals surface area contributed by atoms with Crippen molar-refractivity contribution in [1.82, 2.24) is 10.2 Å². The fourth-order valence-corrected chi connectivity index (χ4v) is 2.80. The molecule has 0 saturated carbocycles. The smallest absolute Gasteiger partial charge is 0.242 e. The van der Waals surface area contributed by atoms with Crippen LogP contribution in [0.3, 0.4) is 0 Å². The molecule has 0 unspecified atom stereocenters. The highest BCUT2D eigenvalue weighted by atomic mass is 16.5. The summed E-state index contributed by atoms with van der Waals surface area (Å²) in [5, 5.41) is 2.62. The van der Waals surface area contributed by atoms with Crippen molar-refractivity contribution >= 4 is 11.8 Å². The lowest BCUT2D eigenvalue weighted by Crippen LogP contribution is -2.46. The van der Waals surface area contributed by atoms with Crippen molar-refractivity contribution in [2.45, 2.75) is 32.4 Å². The van der Waals surface area contributed by atoms with E-state index in [9.17, 15) is 9.59 Å². The highest BCUT2D eigenvalue weighted by Gasteiger charge is 2.25. The highest BCUT2D eigenvalue weighted by Crippen LogP contribution is 2.17. The first kappa shape index (κ1) is 21.3. The Morgan fingerprint density at radius 1 is 1.04 bits per heavy atom. The topological polar surface area (TPSA) is 67.9 Å². The van der Waals surface area contributed by atoms with E-state index in [1.807, 2.05) is 54.6 Å². The van der Waals surface area contributed by atoms with E-state index in [1.54, 1.807) is 26.0 Å². The molecule has 0 aliphatic heterocycles. The van der Waals surface area contributed by atoms with Gasteiger partial charge < -0.3 is 19.7 Å². The first-order valence-corrected chi connectivity index (χ1v) is 9.37. The fourth-order valence-electron chi connectivity index (χ4n) is 2.80. The average molecular weight is 384 g/mol. The Hall–Kier alpha value is -3.02. The Labute approximate surface area is 166 Å². The van der Waals surface area contributed by atoms with E-state index in [0.29, 0.717) is 26.0 Å². The highest BCUT2D eigenvalue weighted by molar-refractivity contribution is 5.87. The van der Waals surface area contributed by atoms with Crippen LogP contribution in [0.1, 0.15) is 25.3 Å². The molecule has 0 fully saturated rings. The Kier molecular flexibility index (Phi) is 8.34. The molecule has 1 N–H and O–H groups in total. The summed E-state index contributed by atoms with van der Waals surface area (Å²) in [5.41, 5.74) is 0.987. The summed E-state index contributed by atoms with van der Waals surface area (Å²) in [6.45, 7) is 2.56. The molecule has 0 bridgehead atoms. The van der Waals surface area contributed by atoms with Gasteiger partial charge in [-0.05, 0) is 43.2 Å². The molecule has 0 spiro atoms. The van der Waals surface area contributed by atoms with Crippen molar-refractivity contribution in [1.29, 1.82) is 0 Å². The van der Waals surface area contributed by atoms with Gasteiger partial charge in [0.2, 0.25) is 11.8 Å². The molecule has 6 nitrogen and oxygen atoms in total. The predicted molar refractivity (Wildman–Crippen MR) is 108 cm³/mol. The molecule has 28 heavy (non-hydrogen) atoms. The van der Waals surface area contributed by atoms with Crippen LogP contribution in [0.4, 0.5) is 0 Å². The number of amides is 2. The van der Waals surface area contributed by atoms with Crippen LogP contribution in [0, 0.1) is 0 Å². The third-order valence-corrected chi connectivity index (χ3v) is 4.47. The molecule has 0 heterocycles. The van der Waals surface area contributed by atoms with E-state index in [-0.39, 0.29) is 11.8 Å². The second kappa shape index (κ2) is 11.0. The second-order valence-corrected chi connectivity index (χ2v) is 6.43. The van der Waals surface area contributed by atoms with Gasteiger partial charge in [0.15, 0.2) is 0 Å². The van der Waals surface area contributed by atoms with Crippen LogP contribution in [-0.4, -0.2) is 43.5 Å². The summed E-state index contributed by atoms with van der Waals surface area (Å²) in [5.74, 6) is 1.24. The lowest BCUT2D eigenvalue weighted by molar-refractivity contribution is -0.140. The van der Waals surface area contributed by atoms with Gasteiger partial charge in [0.25, 0.3) is 0 Å². The van der Waals surface area contributed by atoms with Crippen molar-refractivity contribution in [2.75, 3.05) is 20.8 Å². The van der Waals surface area contributed by atoms with Crippen LogP contribution in [0.5, 0.6) is 11.5 Å². The summed E-state index contributed by atoms with van der Waals surface area (Å²) < 4.78 is 10.8. The molecule has 2 aromatic carbocycles. The molecule has 0 radical (unpaired) electrons. The minimum absolute atomic E-state index is 0.0710. The zero-order chi connectivity index (χ0) is 20.4. The zero-order valence-corrected chi connectivity index (χ0v) is 16.7. The second-order valence-electron chi connectivity index (χ2n) is 6.43. The van der Waals surface area contributed by atoms with Gasteiger partial charge in [-0.2, -0.15) is 0 Å². The van der Waals surface area contributed by atoms with E-state index in [1.165, 1.54) is 0 Å². The van der Waals surface area contributed by atoms with Crippen LogP contribution < -0.4 is 14.8 Å². The largest absolute Gasteiger partial charge is 0.497 e. The first-order chi connectivity index (χ1) is 13.5. The normalized spacial score (nSPS) is 11.4. The zero-order valence-electron chi connectivity index (χ0n) is 16.7. The van der Waals surface area contributed by atoms with Gasteiger partial charge in [-0.3, -0.25) is 9.59 Å². The van der Waals surface area contributed by atoms with Gasteiger partial charge in [0.1, 0.15) is 17.5 Å². The van der Waals surface area contributed by atoms with Crippen molar-refractivity contribution in [3.63, 3.8) is 0 Å².